The van der Waals surface area contributed by atoms with Gasteiger partial charge in [0.2, 0.25) is 23.6 Å². The largest absolute Gasteiger partial charge is 0.492 e. The van der Waals surface area contributed by atoms with E-state index < -0.39 is 36.3 Å². The first kappa shape index (κ1) is 66.9. The Kier molecular flexibility index (Phi) is 39.5. The topological polar surface area (TPSA) is 371 Å². The number of hydrogen-bond acceptors (Lipinski definition) is 16. The Morgan fingerprint density at radius 1 is 0.425 bits per heavy atom. The molecule has 20 nitrogen and oxygen atoms in total. The third-order valence-corrected chi connectivity index (χ3v) is 13.1. The molecule has 4 amide bonds. The average Bonchev–Trinajstić information content (AvgIpc) is 3.37. The lowest BCUT2D eigenvalue weighted by Gasteiger charge is -2.23. The van der Waals surface area contributed by atoms with Gasteiger partial charge in [0.15, 0.2) is 0 Å². The summed E-state index contributed by atoms with van der Waals surface area (Å²) in [7, 11) is 0. The summed E-state index contributed by atoms with van der Waals surface area (Å²) < 4.78 is 6.00. The Morgan fingerprint density at radius 3 is 1.12 bits per heavy atom. The molecule has 0 heterocycles. The SMILES string of the molecule is Cc1ccc(OCCN(CCCNC(=O)[C@@H](N)CCCCCC(=O)[C@@H](N)CCCCNC(=O)[C@@H](N)CCCCN)CCCNC(=O)[C@@H](N)CCCCCC(=O)[C@@H](N)CCCCNC(=O)[C@@H](N)CCCCN)cc1. The molecule has 420 valence electrons. The van der Waals surface area contributed by atoms with Crippen molar-refractivity contribution in [3.05, 3.63) is 29.8 Å². The van der Waals surface area contributed by atoms with E-state index in [1.54, 1.807) is 0 Å². The fraction of sp³-hybridized carbons (Fsp3) is 0.774. The molecule has 1 aromatic rings. The minimum Gasteiger partial charge on any atom is -0.492 e. The van der Waals surface area contributed by atoms with Crippen molar-refractivity contribution >= 4 is 35.2 Å². The quantitative estimate of drug-likeness (QED) is 0.0412. The summed E-state index contributed by atoms with van der Waals surface area (Å²) in [5, 5.41) is 11.6. The smallest absolute Gasteiger partial charge is 0.236 e. The zero-order chi connectivity index (χ0) is 54.1. The number of unbranched alkanes of at least 4 members (excludes halogenated alkanes) is 8. The number of aryl methyl sites for hydroxylation is 1. The molecule has 6 atom stereocenters. The lowest BCUT2D eigenvalue weighted by Crippen LogP contribution is -2.42. The number of nitrogens with one attached hydrogen (secondary N) is 4. The molecular formula is C53H101N13O7. The third kappa shape index (κ3) is 34.9. The van der Waals surface area contributed by atoms with Crippen molar-refractivity contribution in [2.75, 3.05) is 65.5 Å². The maximum Gasteiger partial charge on any atom is 0.236 e. The minimum atomic E-state index is -0.640. The van der Waals surface area contributed by atoms with Crippen molar-refractivity contribution in [2.24, 2.45) is 45.9 Å². The van der Waals surface area contributed by atoms with Gasteiger partial charge in [-0.25, -0.2) is 0 Å². The summed E-state index contributed by atoms with van der Waals surface area (Å²) in [6.45, 7) is 7.67. The highest BCUT2D eigenvalue weighted by Crippen LogP contribution is 2.13. The molecule has 0 spiro atoms. The Morgan fingerprint density at radius 2 is 0.753 bits per heavy atom. The van der Waals surface area contributed by atoms with Crippen molar-refractivity contribution in [3.63, 3.8) is 0 Å². The van der Waals surface area contributed by atoms with Gasteiger partial charge in [0.25, 0.3) is 0 Å². The molecule has 0 unspecified atom stereocenters. The molecule has 20 heteroatoms. The molecule has 20 N–H and O–H groups in total. The van der Waals surface area contributed by atoms with Crippen molar-refractivity contribution < 1.29 is 33.5 Å². The Labute approximate surface area is 437 Å². The van der Waals surface area contributed by atoms with Gasteiger partial charge < -0.3 is 71.9 Å². The number of benzene rings is 1. The number of nitrogens with two attached hydrogens (primary N) is 8. The van der Waals surface area contributed by atoms with Crippen molar-refractivity contribution in [1.29, 1.82) is 0 Å². The second-order valence-electron chi connectivity index (χ2n) is 19.7. The third-order valence-electron chi connectivity index (χ3n) is 13.1. The standard InChI is InChI=1S/C53H101N13O7/c1-40-26-28-41(29-27-40)73-39-38-66(36-16-34-64-52(71)44(58)20-4-2-6-24-48(67)42(56)18-10-14-32-62-50(69)46(60)22-8-12-30-54)37-17-35-65-53(72)45(59)21-5-3-7-25-49(68)43(57)19-11-15-33-63-51(70)47(61)23-9-13-31-55/h26-29,42-47H,2-25,30-39,54-61H2,1H3,(H,62,69)(H,63,70)(H,64,71)(H,65,72)/t42-,43-,44-,45-,46-,47-/m0/s1. The van der Waals surface area contributed by atoms with Crippen molar-refractivity contribution in [2.45, 2.75) is 197 Å². The number of hydrogen-bond donors (Lipinski definition) is 12. The van der Waals surface area contributed by atoms with Crippen LogP contribution >= 0.6 is 0 Å². The van der Waals surface area contributed by atoms with Crippen LogP contribution in [0.5, 0.6) is 5.75 Å². The lowest BCUT2D eigenvalue weighted by molar-refractivity contribution is -0.123. The highest BCUT2D eigenvalue weighted by atomic mass is 16.5. The Balaban J connectivity index is 2.31. The number of rotatable bonds is 48. The predicted molar refractivity (Wildman–Crippen MR) is 292 cm³/mol. The minimum absolute atomic E-state index is 0.0200. The summed E-state index contributed by atoms with van der Waals surface area (Å²) in [5.41, 5.74) is 48.7. The van der Waals surface area contributed by atoms with Gasteiger partial charge in [-0.15, -0.1) is 0 Å². The van der Waals surface area contributed by atoms with Crippen LogP contribution in [-0.4, -0.2) is 142 Å². The zero-order valence-electron chi connectivity index (χ0n) is 44.7. The van der Waals surface area contributed by atoms with E-state index in [9.17, 15) is 28.8 Å². The molecule has 0 saturated carbocycles. The summed E-state index contributed by atoms with van der Waals surface area (Å²) in [4.78, 5) is 77.2. The van der Waals surface area contributed by atoms with Gasteiger partial charge >= 0.3 is 0 Å². The molecule has 0 aliphatic rings. The first-order valence-corrected chi connectivity index (χ1v) is 27.6. The molecule has 0 aliphatic heterocycles. The first-order valence-electron chi connectivity index (χ1n) is 27.6. The van der Waals surface area contributed by atoms with Gasteiger partial charge in [0.05, 0.1) is 36.3 Å². The van der Waals surface area contributed by atoms with Crippen LogP contribution in [0.4, 0.5) is 0 Å². The van der Waals surface area contributed by atoms with Crippen LogP contribution in [0.1, 0.15) is 160 Å². The maximum atomic E-state index is 12.8. The van der Waals surface area contributed by atoms with E-state index >= 15 is 0 Å². The van der Waals surface area contributed by atoms with Crippen molar-refractivity contribution in [3.8, 4) is 5.75 Å². The summed E-state index contributed by atoms with van der Waals surface area (Å²) >= 11 is 0. The van der Waals surface area contributed by atoms with Gasteiger partial charge in [-0.3, -0.25) is 33.7 Å². The van der Waals surface area contributed by atoms with Gasteiger partial charge in [-0.1, -0.05) is 56.2 Å². The van der Waals surface area contributed by atoms with Crippen LogP contribution in [0.25, 0.3) is 0 Å². The van der Waals surface area contributed by atoms with Crippen LogP contribution in [-0.2, 0) is 28.8 Å². The molecular weight excluding hydrogens is 931 g/mol. The molecule has 0 aliphatic carbocycles. The highest BCUT2D eigenvalue weighted by Gasteiger charge is 2.19. The summed E-state index contributed by atoms with van der Waals surface area (Å²) in [6, 6.07) is 4.50. The van der Waals surface area contributed by atoms with Crippen LogP contribution in [0, 0.1) is 6.92 Å². The fourth-order valence-corrected chi connectivity index (χ4v) is 8.13. The number of ketones is 2. The van der Waals surface area contributed by atoms with E-state index in [0.29, 0.717) is 143 Å². The summed E-state index contributed by atoms with van der Waals surface area (Å²) in [5.74, 6) is 0.101. The molecule has 1 aromatic carbocycles. The number of amides is 4. The molecule has 1 rings (SSSR count). The van der Waals surface area contributed by atoms with Gasteiger partial charge in [-0.05, 0) is 148 Å². The molecule has 0 saturated heterocycles. The van der Waals surface area contributed by atoms with E-state index in [2.05, 4.69) is 26.2 Å². The second-order valence-corrected chi connectivity index (χ2v) is 19.7. The van der Waals surface area contributed by atoms with Crippen LogP contribution in [0.2, 0.25) is 0 Å². The number of carbonyl (C=O) groups is 6. The highest BCUT2D eigenvalue weighted by molar-refractivity contribution is 5.84. The molecule has 73 heavy (non-hydrogen) atoms. The maximum absolute atomic E-state index is 12.8. The van der Waals surface area contributed by atoms with Crippen LogP contribution < -0.4 is 71.9 Å². The average molecular weight is 1030 g/mol. The fourth-order valence-electron chi connectivity index (χ4n) is 8.13. The predicted octanol–water partition coefficient (Wildman–Crippen LogP) is 1.52. The van der Waals surface area contributed by atoms with E-state index in [1.165, 1.54) is 0 Å². The van der Waals surface area contributed by atoms with Gasteiger partial charge in [-0.2, -0.15) is 0 Å². The van der Waals surface area contributed by atoms with E-state index in [-0.39, 0.29) is 35.2 Å². The number of ether oxygens (including phenoxy) is 1. The van der Waals surface area contributed by atoms with Gasteiger partial charge in [0.1, 0.15) is 23.9 Å². The number of nitrogens with zero attached hydrogens (tertiary/aromatic N) is 1. The Hall–Kier alpha value is -4.12. The monoisotopic (exact) mass is 1030 g/mol. The normalized spacial score (nSPS) is 13.9. The lowest BCUT2D eigenvalue weighted by atomic mass is 10.00. The van der Waals surface area contributed by atoms with Gasteiger partial charge in [0, 0.05) is 45.6 Å². The summed E-state index contributed by atoms with van der Waals surface area (Å²) in [6.07, 6.45) is 16.1. The second kappa shape index (κ2) is 43.2. The van der Waals surface area contributed by atoms with E-state index in [1.807, 2.05) is 31.2 Å². The molecule has 0 aromatic heterocycles. The first-order chi connectivity index (χ1) is 35.1. The van der Waals surface area contributed by atoms with E-state index in [0.717, 1.165) is 88.4 Å². The number of Topliss-reactive ketones (excluding diaryl/α,β-unsaturated/α-hetero) is 2. The number of carbonyl (C=O) groups excluding carboxylic acids is 6. The van der Waals surface area contributed by atoms with E-state index in [4.69, 9.17) is 50.6 Å². The molecule has 0 radical (unpaired) electrons. The van der Waals surface area contributed by atoms with Crippen molar-refractivity contribution in [1.82, 2.24) is 26.2 Å². The molecule has 0 fully saturated rings. The Bertz CT molecular complexity index is 1550. The van der Waals surface area contributed by atoms with Crippen LogP contribution in [0.3, 0.4) is 0 Å². The zero-order valence-corrected chi connectivity index (χ0v) is 44.7. The van der Waals surface area contributed by atoms with Crippen LogP contribution in [0.15, 0.2) is 24.3 Å². The molecule has 0 bridgehead atoms.